The minimum absolute atomic E-state index is 0.135. The third-order valence-electron chi connectivity index (χ3n) is 5.50. The van der Waals surface area contributed by atoms with Crippen LogP contribution in [0.5, 0.6) is 0 Å². The Morgan fingerprint density at radius 2 is 1.90 bits per heavy atom. The molecule has 0 unspecified atom stereocenters. The highest BCUT2D eigenvalue weighted by Gasteiger charge is 2.27. The van der Waals surface area contributed by atoms with Gasteiger partial charge in [-0.05, 0) is 50.3 Å². The van der Waals surface area contributed by atoms with Gasteiger partial charge in [0, 0.05) is 17.6 Å². The third-order valence-corrected chi connectivity index (χ3v) is 7.02. The zero-order valence-electron chi connectivity index (χ0n) is 16.8. The van der Waals surface area contributed by atoms with Crippen LogP contribution in [0.25, 0.3) is 16.9 Å². The van der Waals surface area contributed by atoms with E-state index in [1.165, 1.54) is 10.8 Å². The van der Waals surface area contributed by atoms with Crippen LogP contribution in [0.15, 0.2) is 35.6 Å². The molecule has 31 heavy (non-hydrogen) atoms. The Kier molecular flexibility index (Phi) is 5.50. The van der Waals surface area contributed by atoms with Crippen LogP contribution in [0.2, 0.25) is 0 Å². The molecule has 3 aromatic rings. The standard InChI is InChI=1S/C19H23N7O4S/c1-11-2-7-14(8-15(11)16-9-21-18-17(20)22-10-23-26(16)18)31(29,30)25-13-5-3-12(4-6-13)24-19(27)28/h2,7-10,12-13,24-25H,3-6H2,1H3,(H,27,28)(H2,20,22,23). The Bertz CT molecular complexity index is 1230. The third kappa shape index (κ3) is 4.30. The highest BCUT2D eigenvalue weighted by atomic mass is 32.2. The average molecular weight is 446 g/mol. The Morgan fingerprint density at radius 3 is 2.61 bits per heavy atom. The highest BCUT2D eigenvalue weighted by Crippen LogP contribution is 2.28. The molecule has 11 nitrogen and oxygen atoms in total. The van der Waals surface area contributed by atoms with E-state index in [1.807, 2.05) is 6.92 Å². The second-order valence-electron chi connectivity index (χ2n) is 7.62. The fourth-order valence-electron chi connectivity index (χ4n) is 3.88. The predicted octanol–water partition coefficient (Wildman–Crippen LogP) is 1.54. The number of nitrogens with one attached hydrogen (secondary N) is 2. The van der Waals surface area contributed by atoms with Gasteiger partial charge in [0.1, 0.15) is 6.33 Å². The van der Waals surface area contributed by atoms with Crippen LogP contribution in [0, 0.1) is 6.92 Å². The SMILES string of the molecule is Cc1ccc(S(=O)(=O)NC2CCC(NC(=O)O)CC2)cc1-c1cnc2c(N)ncnn12. The number of nitrogens with two attached hydrogens (primary N) is 1. The van der Waals surface area contributed by atoms with E-state index in [0.29, 0.717) is 42.6 Å². The molecule has 12 heteroatoms. The van der Waals surface area contributed by atoms with E-state index < -0.39 is 16.1 Å². The minimum atomic E-state index is -3.77. The van der Waals surface area contributed by atoms with E-state index in [1.54, 1.807) is 24.4 Å². The summed E-state index contributed by atoms with van der Waals surface area (Å²) < 4.78 is 30.3. The van der Waals surface area contributed by atoms with Gasteiger partial charge in [0.25, 0.3) is 0 Å². The lowest BCUT2D eigenvalue weighted by molar-refractivity contribution is 0.184. The van der Waals surface area contributed by atoms with Crippen LogP contribution in [-0.2, 0) is 10.0 Å². The summed E-state index contributed by atoms with van der Waals surface area (Å²) in [6, 6.07) is 4.50. The summed E-state index contributed by atoms with van der Waals surface area (Å²) in [6.07, 6.45) is 4.14. The van der Waals surface area contributed by atoms with E-state index in [4.69, 9.17) is 10.8 Å². The summed E-state index contributed by atoms with van der Waals surface area (Å²) in [4.78, 5) is 19.1. The molecule has 2 heterocycles. The summed E-state index contributed by atoms with van der Waals surface area (Å²) in [5.41, 5.74) is 8.38. The van der Waals surface area contributed by atoms with Gasteiger partial charge in [-0.3, -0.25) is 0 Å². The molecule has 0 bridgehead atoms. The average Bonchev–Trinajstić information content (AvgIpc) is 3.14. The van der Waals surface area contributed by atoms with Gasteiger partial charge in [-0.1, -0.05) is 6.07 Å². The Balaban J connectivity index is 1.57. The Morgan fingerprint density at radius 1 is 1.19 bits per heavy atom. The quantitative estimate of drug-likeness (QED) is 0.459. The number of aryl methyl sites for hydroxylation is 1. The molecule has 1 saturated carbocycles. The molecule has 0 radical (unpaired) electrons. The Labute approximate surface area is 178 Å². The Hall–Kier alpha value is -3.25. The molecule has 0 saturated heterocycles. The van der Waals surface area contributed by atoms with Crippen molar-refractivity contribution in [3.8, 4) is 11.3 Å². The van der Waals surface area contributed by atoms with Gasteiger partial charge in [-0.15, -0.1) is 0 Å². The van der Waals surface area contributed by atoms with E-state index in [9.17, 15) is 13.2 Å². The number of benzene rings is 1. The number of carbonyl (C=O) groups is 1. The second-order valence-corrected chi connectivity index (χ2v) is 9.33. The van der Waals surface area contributed by atoms with Crippen molar-refractivity contribution in [1.29, 1.82) is 0 Å². The second kappa shape index (κ2) is 8.12. The smallest absolute Gasteiger partial charge is 0.404 e. The molecule has 0 spiro atoms. The number of carboxylic acid groups (broad SMARTS) is 1. The number of aromatic nitrogens is 4. The molecule has 1 aromatic carbocycles. The van der Waals surface area contributed by atoms with Crippen LogP contribution < -0.4 is 15.8 Å². The lowest BCUT2D eigenvalue weighted by Gasteiger charge is -2.28. The summed E-state index contributed by atoms with van der Waals surface area (Å²) in [5.74, 6) is 0.234. The van der Waals surface area contributed by atoms with Crippen LogP contribution in [0.4, 0.5) is 10.6 Å². The normalized spacial score (nSPS) is 19.4. The van der Waals surface area contributed by atoms with Crippen molar-refractivity contribution in [3.63, 3.8) is 0 Å². The number of amides is 1. The van der Waals surface area contributed by atoms with Crippen molar-refractivity contribution in [2.45, 2.75) is 49.6 Å². The number of sulfonamides is 1. The predicted molar refractivity (Wildman–Crippen MR) is 113 cm³/mol. The number of hydrogen-bond acceptors (Lipinski definition) is 7. The number of anilines is 1. The fourth-order valence-corrected chi connectivity index (χ4v) is 5.21. The van der Waals surface area contributed by atoms with Crippen LogP contribution in [0.1, 0.15) is 31.2 Å². The minimum Gasteiger partial charge on any atom is -0.465 e. The van der Waals surface area contributed by atoms with E-state index in [0.717, 1.165) is 5.56 Å². The molecule has 1 fully saturated rings. The van der Waals surface area contributed by atoms with Gasteiger partial charge in [0.15, 0.2) is 11.5 Å². The first-order valence-corrected chi connectivity index (χ1v) is 11.3. The fraction of sp³-hybridized carbons (Fsp3) is 0.368. The lowest BCUT2D eigenvalue weighted by Crippen LogP contribution is -2.43. The molecular formula is C19H23N7O4S. The molecule has 0 aliphatic heterocycles. The molecule has 4 rings (SSSR count). The number of nitrogens with zero attached hydrogens (tertiary/aromatic N) is 4. The van der Waals surface area contributed by atoms with Crippen molar-refractivity contribution < 1.29 is 18.3 Å². The first kappa shape index (κ1) is 21.0. The van der Waals surface area contributed by atoms with E-state index in [2.05, 4.69) is 25.1 Å². The molecule has 2 aromatic heterocycles. The number of nitrogen functional groups attached to an aromatic ring is 1. The first-order valence-electron chi connectivity index (χ1n) is 9.81. The van der Waals surface area contributed by atoms with Gasteiger partial charge < -0.3 is 16.2 Å². The monoisotopic (exact) mass is 445 g/mol. The van der Waals surface area contributed by atoms with Crippen molar-refractivity contribution in [2.24, 2.45) is 0 Å². The summed E-state index contributed by atoms with van der Waals surface area (Å²) in [6.45, 7) is 1.87. The van der Waals surface area contributed by atoms with Gasteiger partial charge in [0.2, 0.25) is 10.0 Å². The molecule has 1 aliphatic carbocycles. The molecule has 0 atom stereocenters. The van der Waals surface area contributed by atoms with Crippen LogP contribution >= 0.6 is 0 Å². The van der Waals surface area contributed by atoms with Gasteiger partial charge in [0.05, 0.1) is 16.8 Å². The molecule has 5 N–H and O–H groups in total. The van der Waals surface area contributed by atoms with Gasteiger partial charge >= 0.3 is 6.09 Å². The lowest BCUT2D eigenvalue weighted by atomic mass is 9.92. The maximum absolute atomic E-state index is 13.0. The van der Waals surface area contributed by atoms with E-state index in [-0.39, 0.29) is 22.8 Å². The van der Waals surface area contributed by atoms with E-state index >= 15 is 0 Å². The van der Waals surface area contributed by atoms with Gasteiger partial charge in [-0.2, -0.15) is 5.10 Å². The number of imidazole rings is 1. The summed E-state index contributed by atoms with van der Waals surface area (Å²) in [7, 11) is -3.77. The zero-order chi connectivity index (χ0) is 22.2. The zero-order valence-corrected chi connectivity index (χ0v) is 17.6. The maximum atomic E-state index is 13.0. The topological polar surface area (TPSA) is 165 Å². The molecule has 1 aliphatic rings. The molecule has 1 amide bonds. The maximum Gasteiger partial charge on any atom is 0.404 e. The molecular weight excluding hydrogens is 422 g/mol. The molecule has 164 valence electrons. The van der Waals surface area contributed by atoms with Crippen LogP contribution in [-0.4, -0.2) is 51.3 Å². The number of rotatable bonds is 5. The van der Waals surface area contributed by atoms with Gasteiger partial charge in [-0.25, -0.2) is 32.4 Å². The highest BCUT2D eigenvalue weighted by molar-refractivity contribution is 7.89. The number of fused-ring (bicyclic) bond motifs is 1. The number of hydrogen-bond donors (Lipinski definition) is 4. The largest absolute Gasteiger partial charge is 0.465 e. The summed E-state index contributed by atoms with van der Waals surface area (Å²) in [5, 5.41) is 15.5. The summed E-state index contributed by atoms with van der Waals surface area (Å²) >= 11 is 0. The first-order chi connectivity index (χ1) is 14.7. The van der Waals surface area contributed by atoms with Crippen molar-refractivity contribution in [1.82, 2.24) is 29.6 Å². The van der Waals surface area contributed by atoms with Crippen molar-refractivity contribution in [2.75, 3.05) is 5.73 Å². The van der Waals surface area contributed by atoms with Crippen molar-refractivity contribution >= 4 is 27.6 Å². The van der Waals surface area contributed by atoms with Crippen LogP contribution in [0.3, 0.4) is 0 Å². The van der Waals surface area contributed by atoms with Crippen molar-refractivity contribution in [3.05, 3.63) is 36.3 Å².